The number of imidazole rings is 1. The summed E-state index contributed by atoms with van der Waals surface area (Å²) in [4.78, 5) is 30.4. The standard InChI is InChI=1S/C16H20N8O/c1-10-7-12(23(2)22-10)16(25)21-11-3-5-24(6-4-11)15-13-14(18-8-17-13)19-9-20-15/h7-9,11H,3-6H2,1-2H3,(H,21,25)(H,17,18,19,20). The number of rotatable bonds is 3. The second-order valence-corrected chi connectivity index (χ2v) is 6.33. The van der Waals surface area contributed by atoms with Gasteiger partial charge in [-0.05, 0) is 25.8 Å². The lowest BCUT2D eigenvalue weighted by Gasteiger charge is -2.33. The highest BCUT2D eigenvalue weighted by Crippen LogP contribution is 2.23. The molecule has 3 aromatic heterocycles. The number of H-pyrrole nitrogens is 1. The van der Waals surface area contributed by atoms with Gasteiger partial charge >= 0.3 is 0 Å². The molecule has 2 N–H and O–H groups in total. The van der Waals surface area contributed by atoms with Crippen LogP contribution in [0.25, 0.3) is 11.2 Å². The van der Waals surface area contributed by atoms with Crippen LogP contribution in [0.15, 0.2) is 18.7 Å². The van der Waals surface area contributed by atoms with Crippen molar-refractivity contribution in [3.63, 3.8) is 0 Å². The summed E-state index contributed by atoms with van der Waals surface area (Å²) >= 11 is 0. The van der Waals surface area contributed by atoms with Crippen LogP contribution in [0.5, 0.6) is 0 Å². The van der Waals surface area contributed by atoms with Crippen molar-refractivity contribution in [1.82, 2.24) is 35.0 Å². The number of hydrogen-bond donors (Lipinski definition) is 2. The lowest BCUT2D eigenvalue weighted by molar-refractivity contribution is 0.0921. The molecule has 0 saturated carbocycles. The number of aryl methyl sites for hydroxylation is 2. The lowest BCUT2D eigenvalue weighted by Crippen LogP contribution is -2.45. The third-order valence-corrected chi connectivity index (χ3v) is 4.57. The summed E-state index contributed by atoms with van der Waals surface area (Å²) in [6, 6.07) is 1.96. The van der Waals surface area contributed by atoms with Gasteiger partial charge in [0, 0.05) is 26.2 Å². The normalized spacial score (nSPS) is 15.7. The van der Waals surface area contributed by atoms with Crippen LogP contribution in [-0.4, -0.2) is 54.8 Å². The molecule has 0 spiro atoms. The molecule has 4 heterocycles. The predicted molar refractivity (Wildman–Crippen MR) is 92.3 cm³/mol. The third kappa shape index (κ3) is 2.92. The molecular formula is C16H20N8O. The number of carbonyl (C=O) groups excluding carboxylic acids is 1. The van der Waals surface area contributed by atoms with Crippen LogP contribution in [0.4, 0.5) is 5.82 Å². The number of anilines is 1. The molecule has 0 aliphatic carbocycles. The highest BCUT2D eigenvalue weighted by atomic mass is 16.2. The summed E-state index contributed by atoms with van der Waals surface area (Å²) in [6.07, 6.45) is 4.90. The van der Waals surface area contributed by atoms with Crippen LogP contribution in [0.2, 0.25) is 0 Å². The number of aromatic amines is 1. The van der Waals surface area contributed by atoms with Gasteiger partial charge in [0.15, 0.2) is 11.5 Å². The van der Waals surface area contributed by atoms with E-state index in [1.807, 2.05) is 6.92 Å². The minimum Gasteiger partial charge on any atom is -0.355 e. The summed E-state index contributed by atoms with van der Waals surface area (Å²) < 4.78 is 1.62. The first-order valence-corrected chi connectivity index (χ1v) is 8.32. The van der Waals surface area contributed by atoms with E-state index >= 15 is 0 Å². The quantitative estimate of drug-likeness (QED) is 0.730. The first kappa shape index (κ1) is 15.6. The SMILES string of the molecule is Cc1cc(C(=O)NC2CCN(c3ncnc4nc[nH]c34)CC2)n(C)n1. The maximum Gasteiger partial charge on any atom is 0.269 e. The monoisotopic (exact) mass is 340 g/mol. The molecule has 0 atom stereocenters. The average molecular weight is 340 g/mol. The van der Waals surface area contributed by atoms with Gasteiger partial charge in [0.25, 0.3) is 5.91 Å². The van der Waals surface area contributed by atoms with E-state index in [1.54, 1.807) is 24.1 Å². The van der Waals surface area contributed by atoms with Crippen LogP contribution in [-0.2, 0) is 7.05 Å². The molecule has 9 nitrogen and oxygen atoms in total. The van der Waals surface area contributed by atoms with Crippen LogP contribution < -0.4 is 10.2 Å². The molecule has 130 valence electrons. The maximum atomic E-state index is 12.4. The van der Waals surface area contributed by atoms with Crippen molar-refractivity contribution in [2.75, 3.05) is 18.0 Å². The van der Waals surface area contributed by atoms with Crippen molar-refractivity contribution >= 4 is 22.9 Å². The molecule has 1 saturated heterocycles. The van der Waals surface area contributed by atoms with Gasteiger partial charge in [0.1, 0.15) is 17.5 Å². The van der Waals surface area contributed by atoms with Crippen LogP contribution in [0.1, 0.15) is 29.0 Å². The number of piperidine rings is 1. The topological polar surface area (TPSA) is 105 Å². The van der Waals surface area contributed by atoms with Crippen LogP contribution in [0.3, 0.4) is 0 Å². The lowest BCUT2D eigenvalue weighted by atomic mass is 10.0. The number of amides is 1. The summed E-state index contributed by atoms with van der Waals surface area (Å²) in [6.45, 7) is 3.52. The zero-order valence-corrected chi connectivity index (χ0v) is 14.2. The molecule has 3 aromatic rings. The zero-order valence-electron chi connectivity index (χ0n) is 14.2. The molecular weight excluding hydrogens is 320 g/mol. The molecule has 0 unspecified atom stereocenters. The van der Waals surface area contributed by atoms with Gasteiger partial charge in [-0.25, -0.2) is 15.0 Å². The fourth-order valence-electron chi connectivity index (χ4n) is 3.31. The highest BCUT2D eigenvalue weighted by molar-refractivity contribution is 5.92. The van der Waals surface area contributed by atoms with E-state index in [9.17, 15) is 4.79 Å². The molecule has 0 bridgehead atoms. The Morgan fingerprint density at radius 2 is 2.08 bits per heavy atom. The van der Waals surface area contributed by atoms with Crippen molar-refractivity contribution in [2.24, 2.45) is 7.05 Å². The molecule has 4 rings (SSSR count). The Balaban J connectivity index is 1.41. The minimum atomic E-state index is -0.0699. The Bertz CT molecular complexity index is 906. The van der Waals surface area contributed by atoms with Gasteiger partial charge < -0.3 is 15.2 Å². The molecule has 1 amide bonds. The van der Waals surface area contributed by atoms with Gasteiger partial charge in [-0.3, -0.25) is 9.48 Å². The van der Waals surface area contributed by atoms with E-state index in [4.69, 9.17) is 0 Å². The molecule has 9 heteroatoms. The number of nitrogens with one attached hydrogen (secondary N) is 2. The third-order valence-electron chi connectivity index (χ3n) is 4.57. The minimum absolute atomic E-state index is 0.0699. The van der Waals surface area contributed by atoms with Crippen molar-refractivity contribution in [2.45, 2.75) is 25.8 Å². The molecule has 1 aliphatic heterocycles. The molecule has 1 fully saturated rings. The van der Waals surface area contributed by atoms with Crippen LogP contribution in [0, 0.1) is 6.92 Å². The summed E-state index contributed by atoms with van der Waals surface area (Å²) in [5.41, 5.74) is 2.96. The van der Waals surface area contributed by atoms with E-state index in [0.717, 1.165) is 43.0 Å². The molecule has 0 aromatic carbocycles. The number of fused-ring (bicyclic) bond motifs is 1. The summed E-state index contributed by atoms with van der Waals surface area (Å²) in [5.74, 6) is 0.800. The van der Waals surface area contributed by atoms with Crippen molar-refractivity contribution < 1.29 is 4.79 Å². The summed E-state index contributed by atoms with van der Waals surface area (Å²) in [5, 5.41) is 7.34. The van der Waals surface area contributed by atoms with Gasteiger partial charge in [-0.15, -0.1) is 0 Å². The Morgan fingerprint density at radius 1 is 1.28 bits per heavy atom. The first-order valence-electron chi connectivity index (χ1n) is 8.32. The fourth-order valence-corrected chi connectivity index (χ4v) is 3.31. The molecule has 25 heavy (non-hydrogen) atoms. The number of hydrogen-bond acceptors (Lipinski definition) is 6. The van der Waals surface area contributed by atoms with Crippen molar-refractivity contribution in [3.05, 3.63) is 30.1 Å². The second-order valence-electron chi connectivity index (χ2n) is 6.33. The maximum absolute atomic E-state index is 12.4. The van der Waals surface area contributed by atoms with Gasteiger partial charge in [-0.1, -0.05) is 0 Å². The van der Waals surface area contributed by atoms with E-state index in [1.165, 1.54) is 6.33 Å². The Kier molecular flexibility index (Phi) is 3.83. The fraction of sp³-hybridized carbons (Fsp3) is 0.438. The number of aromatic nitrogens is 6. The van der Waals surface area contributed by atoms with E-state index < -0.39 is 0 Å². The van der Waals surface area contributed by atoms with E-state index in [2.05, 4.69) is 35.3 Å². The first-order chi connectivity index (χ1) is 12.1. The van der Waals surface area contributed by atoms with Crippen LogP contribution >= 0.6 is 0 Å². The largest absolute Gasteiger partial charge is 0.355 e. The van der Waals surface area contributed by atoms with Crippen molar-refractivity contribution in [3.8, 4) is 0 Å². The molecule has 0 radical (unpaired) electrons. The Morgan fingerprint density at radius 3 is 2.80 bits per heavy atom. The Hall–Kier alpha value is -2.97. The zero-order chi connectivity index (χ0) is 17.4. The number of nitrogens with zero attached hydrogens (tertiary/aromatic N) is 6. The van der Waals surface area contributed by atoms with Gasteiger partial charge in [-0.2, -0.15) is 5.10 Å². The van der Waals surface area contributed by atoms with Crippen molar-refractivity contribution in [1.29, 1.82) is 0 Å². The average Bonchev–Trinajstić information content (AvgIpc) is 3.21. The number of carbonyl (C=O) groups is 1. The highest BCUT2D eigenvalue weighted by Gasteiger charge is 2.24. The second kappa shape index (κ2) is 6.15. The summed E-state index contributed by atoms with van der Waals surface area (Å²) in [7, 11) is 1.79. The van der Waals surface area contributed by atoms with Gasteiger partial charge in [0.2, 0.25) is 0 Å². The van der Waals surface area contributed by atoms with E-state index in [-0.39, 0.29) is 11.9 Å². The smallest absolute Gasteiger partial charge is 0.269 e. The predicted octanol–water partition coefficient (Wildman–Crippen LogP) is 0.794. The van der Waals surface area contributed by atoms with Gasteiger partial charge in [0.05, 0.1) is 12.0 Å². The Labute approximate surface area is 144 Å². The van der Waals surface area contributed by atoms with E-state index in [0.29, 0.717) is 11.3 Å². The molecule has 1 aliphatic rings.